The first-order valence-electron chi connectivity index (χ1n) is 8.60. The number of anilines is 1. The van der Waals surface area contributed by atoms with E-state index in [2.05, 4.69) is 0 Å². The Balaban J connectivity index is 1.83. The minimum absolute atomic E-state index is 0.136. The molecular weight excluding hydrogens is 390 g/mol. The number of hydrogen-bond acceptors (Lipinski definition) is 5. The van der Waals surface area contributed by atoms with Crippen LogP contribution in [0.1, 0.15) is 5.56 Å². The van der Waals surface area contributed by atoms with Gasteiger partial charge < -0.3 is 9.47 Å². The molecule has 1 amide bonds. The van der Waals surface area contributed by atoms with Crippen LogP contribution in [-0.4, -0.2) is 24.4 Å². The molecule has 4 nitrogen and oxygen atoms in total. The average molecular weight is 408 g/mol. The van der Waals surface area contributed by atoms with Crippen LogP contribution in [0.2, 0.25) is 0 Å². The second-order valence-electron chi connectivity index (χ2n) is 6.12. The van der Waals surface area contributed by atoms with E-state index in [-0.39, 0.29) is 5.91 Å². The van der Waals surface area contributed by atoms with Crippen molar-refractivity contribution in [1.82, 2.24) is 0 Å². The zero-order valence-electron chi connectivity index (χ0n) is 15.3. The van der Waals surface area contributed by atoms with Crippen LogP contribution in [0.3, 0.4) is 0 Å². The predicted molar refractivity (Wildman–Crippen MR) is 119 cm³/mol. The summed E-state index contributed by atoms with van der Waals surface area (Å²) in [4.78, 5) is 15.2. The number of rotatable bonds is 4. The van der Waals surface area contributed by atoms with Gasteiger partial charge in [-0.15, -0.1) is 0 Å². The van der Waals surface area contributed by atoms with Crippen LogP contribution in [0.5, 0.6) is 11.5 Å². The molecule has 0 unspecified atom stereocenters. The summed E-state index contributed by atoms with van der Waals surface area (Å²) < 4.78 is 11.4. The second-order valence-corrected chi connectivity index (χ2v) is 7.80. The van der Waals surface area contributed by atoms with Crippen molar-refractivity contribution in [2.24, 2.45) is 0 Å². The Bertz CT molecular complexity index is 1100. The number of benzene rings is 3. The number of nitrogens with zero attached hydrogens (tertiary/aromatic N) is 1. The average Bonchev–Trinajstić information content (AvgIpc) is 3.01. The van der Waals surface area contributed by atoms with Gasteiger partial charge in [0.25, 0.3) is 5.91 Å². The third kappa shape index (κ3) is 3.25. The van der Waals surface area contributed by atoms with Crippen molar-refractivity contribution in [1.29, 1.82) is 0 Å². The molecule has 0 aromatic heterocycles. The van der Waals surface area contributed by atoms with Gasteiger partial charge in [0.1, 0.15) is 11.5 Å². The molecule has 0 saturated carbocycles. The lowest BCUT2D eigenvalue weighted by atomic mass is 10.0. The van der Waals surface area contributed by atoms with E-state index in [1.165, 1.54) is 11.8 Å². The van der Waals surface area contributed by atoms with Crippen LogP contribution in [0.15, 0.2) is 65.6 Å². The van der Waals surface area contributed by atoms with Crippen molar-refractivity contribution in [2.75, 3.05) is 19.1 Å². The maximum absolute atomic E-state index is 13.1. The lowest BCUT2D eigenvalue weighted by molar-refractivity contribution is -0.113. The Labute approximate surface area is 172 Å². The first-order chi connectivity index (χ1) is 13.6. The molecule has 0 bridgehead atoms. The number of fused-ring (bicyclic) bond motifs is 1. The lowest BCUT2D eigenvalue weighted by Gasteiger charge is -2.14. The first-order valence-corrected chi connectivity index (χ1v) is 9.82. The molecule has 1 aliphatic rings. The van der Waals surface area contributed by atoms with Crippen LogP contribution in [0.25, 0.3) is 16.8 Å². The van der Waals surface area contributed by atoms with Crippen molar-refractivity contribution in [3.05, 3.63) is 71.1 Å². The van der Waals surface area contributed by atoms with Gasteiger partial charge in [-0.3, -0.25) is 9.69 Å². The van der Waals surface area contributed by atoms with E-state index in [4.69, 9.17) is 21.7 Å². The van der Waals surface area contributed by atoms with Gasteiger partial charge in [-0.1, -0.05) is 54.3 Å². The fraction of sp³-hybridized carbons (Fsp3) is 0.0909. The molecular formula is C22H17NO3S2. The maximum atomic E-state index is 13.1. The summed E-state index contributed by atoms with van der Waals surface area (Å²) in [6.45, 7) is 0. The van der Waals surface area contributed by atoms with Crippen molar-refractivity contribution < 1.29 is 14.3 Å². The molecule has 0 atom stereocenters. The molecule has 0 radical (unpaired) electrons. The zero-order chi connectivity index (χ0) is 19.7. The Morgan fingerprint density at radius 1 is 1.00 bits per heavy atom. The van der Waals surface area contributed by atoms with Crippen LogP contribution in [0, 0.1) is 0 Å². The van der Waals surface area contributed by atoms with E-state index in [0.717, 1.165) is 27.8 Å². The molecule has 3 aromatic carbocycles. The molecule has 1 saturated heterocycles. The highest BCUT2D eigenvalue weighted by Gasteiger charge is 2.33. The molecule has 0 N–H and O–H groups in total. The van der Waals surface area contributed by atoms with Crippen LogP contribution >= 0.6 is 24.0 Å². The molecule has 1 heterocycles. The van der Waals surface area contributed by atoms with Crippen molar-refractivity contribution in [3.63, 3.8) is 0 Å². The van der Waals surface area contributed by atoms with Gasteiger partial charge in [-0.25, -0.2) is 0 Å². The quantitative estimate of drug-likeness (QED) is 0.436. The van der Waals surface area contributed by atoms with Crippen LogP contribution < -0.4 is 14.4 Å². The van der Waals surface area contributed by atoms with E-state index < -0.39 is 0 Å². The van der Waals surface area contributed by atoms with Gasteiger partial charge in [0.15, 0.2) is 4.32 Å². The Hall–Kier alpha value is -2.83. The van der Waals surface area contributed by atoms with Gasteiger partial charge in [0, 0.05) is 5.56 Å². The van der Waals surface area contributed by atoms with Crippen molar-refractivity contribution in [3.8, 4) is 11.5 Å². The summed E-state index contributed by atoms with van der Waals surface area (Å²) in [5, 5.41) is 1.98. The van der Waals surface area contributed by atoms with Crippen LogP contribution in [0.4, 0.5) is 5.69 Å². The molecule has 6 heteroatoms. The first kappa shape index (κ1) is 18.5. The highest BCUT2D eigenvalue weighted by molar-refractivity contribution is 8.27. The molecule has 28 heavy (non-hydrogen) atoms. The van der Waals surface area contributed by atoms with Gasteiger partial charge in [-0.05, 0) is 47.2 Å². The molecule has 1 aliphatic heterocycles. The monoisotopic (exact) mass is 407 g/mol. The summed E-state index contributed by atoms with van der Waals surface area (Å²) in [5.41, 5.74) is 1.59. The SMILES string of the molecule is COc1ccc2ccc(OC)c(/C=C3/SC(=S)N(c4ccccc4)C3=O)c2c1. The van der Waals surface area contributed by atoms with Gasteiger partial charge in [0.05, 0.1) is 24.8 Å². The summed E-state index contributed by atoms with van der Waals surface area (Å²) in [6, 6.07) is 19.2. The van der Waals surface area contributed by atoms with E-state index in [1.807, 2.05) is 66.7 Å². The minimum Gasteiger partial charge on any atom is -0.497 e. The number of methoxy groups -OCH3 is 2. The highest BCUT2D eigenvalue weighted by Crippen LogP contribution is 2.39. The van der Waals surface area contributed by atoms with Gasteiger partial charge in [-0.2, -0.15) is 0 Å². The number of hydrogen-bond donors (Lipinski definition) is 0. The van der Waals surface area contributed by atoms with E-state index in [1.54, 1.807) is 19.1 Å². The number of carbonyl (C=O) groups excluding carboxylic acids is 1. The standard InChI is InChI=1S/C22H17NO3S2/c1-25-16-10-8-14-9-11-19(26-2)18(17(14)12-16)13-20-21(24)23(22(27)28-20)15-6-4-3-5-7-15/h3-13H,1-2H3/b20-13+. The predicted octanol–water partition coefficient (Wildman–Crippen LogP) is 5.26. The highest BCUT2D eigenvalue weighted by atomic mass is 32.2. The Kier molecular flexibility index (Phi) is 5.07. The molecule has 4 rings (SSSR count). The number of ether oxygens (including phenoxy) is 2. The second kappa shape index (κ2) is 7.66. The molecule has 0 spiro atoms. The van der Waals surface area contributed by atoms with E-state index >= 15 is 0 Å². The number of amides is 1. The summed E-state index contributed by atoms with van der Waals surface area (Å²) in [6.07, 6.45) is 1.85. The zero-order valence-corrected chi connectivity index (χ0v) is 17.0. The van der Waals surface area contributed by atoms with Gasteiger partial charge >= 0.3 is 0 Å². The number of thioether (sulfide) groups is 1. The third-order valence-electron chi connectivity index (χ3n) is 4.53. The summed E-state index contributed by atoms with van der Waals surface area (Å²) in [7, 11) is 3.25. The fourth-order valence-corrected chi connectivity index (χ4v) is 4.44. The Morgan fingerprint density at radius 3 is 2.46 bits per heavy atom. The number of thiocarbonyl (C=S) groups is 1. The van der Waals surface area contributed by atoms with E-state index in [9.17, 15) is 4.79 Å². The normalized spacial score (nSPS) is 15.5. The minimum atomic E-state index is -0.136. The molecule has 3 aromatic rings. The number of carbonyl (C=O) groups is 1. The van der Waals surface area contributed by atoms with Gasteiger partial charge in [0.2, 0.25) is 0 Å². The van der Waals surface area contributed by atoms with E-state index in [0.29, 0.717) is 15.0 Å². The fourth-order valence-electron chi connectivity index (χ4n) is 3.15. The smallest absolute Gasteiger partial charge is 0.270 e. The molecule has 1 fully saturated rings. The van der Waals surface area contributed by atoms with Crippen LogP contribution in [-0.2, 0) is 4.79 Å². The maximum Gasteiger partial charge on any atom is 0.270 e. The number of para-hydroxylation sites is 1. The largest absolute Gasteiger partial charge is 0.497 e. The van der Waals surface area contributed by atoms with Crippen molar-refractivity contribution in [2.45, 2.75) is 0 Å². The lowest BCUT2D eigenvalue weighted by Crippen LogP contribution is -2.27. The summed E-state index contributed by atoms with van der Waals surface area (Å²) >= 11 is 6.76. The Morgan fingerprint density at radius 2 is 1.75 bits per heavy atom. The molecule has 0 aliphatic carbocycles. The summed E-state index contributed by atoms with van der Waals surface area (Å²) in [5.74, 6) is 1.29. The van der Waals surface area contributed by atoms with Crippen molar-refractivity contribution >= 4 is 56.7 Å². The topological polar surface area (TPSA) is 38.8 Å². The third-order valence-corrected chi connectivity index (χ3v) is 5.84. The molecule has 140 valence electrons.